The molecule has 9 heteroatoms. The highest BCUT2D eigenvalue weighted by molar-refractivity contribution is 5.81. The summed E-state index contributed by atoms with van der Waals surface area (Å²) in [5.41, 5.74) is 4.35. The molecule has 1 aliphatic heterocycles. The fraction of sp³-hybridized carbons (Fsp3) is 0.609. The second kappa shape index (κ2) is 8.80. The van der Waals surface area contributed by atoms with E-state index in [0.717, 1.165) is 62.1 Å². The van der Waals surface area contributed by atoms with Crippen molar-refractivity contribution in [2.24, 2.45) is 0 Å². The van der Waals surface area contributed by atoms with Crippen LogP contribution in [0.25, 0.3) is 16.6 Å². The molecule has 0 aromatic carbocycles. The molecule has 3 aromatic rings. The number of rotatable bonds is 7. The smallest absolute Gasteiger partial charge is 0.241 e. The maximum atomic E-state index is 10.0. The molecule has 0 radical (unpaired) electrons. The van der Waals surface area contributed by atoms with E-state index in [2.05, 4.69) is 58.1 Å². The highest BCUT2D eigenvalue weighted by atomic mass is 16.5. The van der Waals surface area contributed by atoms with Gasteiger partial charge >= 0.3 is 0 Å². The number of aliphatic hydroxyl groups is 1. The molecular formula is C23H33N7O2. The standard InChI is InChI=1S/C23H33N7O2/c1-15(11-28(2)3)26-23-24-10-22-20(17-9-25-29(12-17)18-13-32-14-18)8-21(30(22)27-23)16-4-6-19(31)7-5-16/h8-10,12,15-16,18-19,31H,4-7,11,13-14H2,1-3H3,(H,26,27)/t15-,16?,19?/m1/s1. The van der Waals surface area contributed by atoms with Crippen LogP contribution in [0.4, 0.5) is 5.95 Å². The molecule has 2 fully saturated rings. The third kappa shape index (κ3) is 4.24. The topological polar surface area (TPSA) is 92.7 Å². The molecule has 2 N–H and O–H groups in total. The number of ether oxygens (including phenoxy) is 1. The second-order valence-electron chi connectivity index (χ2n) is 9.58. The third-order valence-electron chi connectivity index (χ3n) is 6.58. The van der Waals surface area contributed by atoms with E-state index in [1.807, 2.05) is 17.1 Å². The third-order valence-corrected chi connectivity index (χ3v) is 6.58. The van der Waals surface area contributed by atoms with Crippen LogP contribution in [0.15, 0.2) is 24.7 Å². The minimum Gasteiger partial charge on any atom is -0.393 e. The van der Waals surface area contributed by atoms with Gasteiger partial charge in [0.15, 0.2) is 0 Å². The quantitative estimate of drug-likeness (QED) is 0.584. The second-order valence-corrected chi connectivity index (χ2v) is 9.58. The van der Waals surface area contributed by atoms with Crippen molar-refractivity contribution in [1.82, 2.24) is 29.3 Å². The van der Waals surface area contributed by atoms with Gasteiger partial charge in [-0.3, -0.25) is 4.68 Å². The Bertz CT molecular complexity index is 1060. The molecule has 0 bridgehead atoms. The van der Waals surface area contributed by atoms with Gasteiger partial charge in [0.2, 0.25) is 5.95 Å². The highest BCUT2D eigenvalue weighted by Gasteiger charge is 2.27. The number of hydrogen-bond donors (Lipinski definition) is 2. The Morgan fingerprint density at radius 2 is 2.00 bits per heavy atom. The van der Waals surface area contributed by atoms with E-state index in [9.17, 15) is 5.11 Å². The Labute approximate surface area is 188 Å². The van der Waals surface area contributed by atoms with E-state index in [1.165, 1.54) is 5.69 Å². The SMILES string of the molecule is C[C@H](CN(C)C)Nc1ncc2c(-c3cnn(C4COC4)c3)cc(C3CCC(O)CC3)n2n1. The predicted molar refractivity (Wildman–Crippen MR) is 123 cm³/mol. The fourth-order valence-electron chi connectivity index (χ4n) is 4.84. The fourth-order valence-corrected chi connectivity index (χ4v) is 4.84. The van der Waals surface area contributed by atoms with Gasteiger partial charge < -0.3 is 20.1 Å². The lowest BCUT2D eigenvalue weighted by atomic mass is 9.85. The lowest BCUT2D eigenvalue weighted by Gasteiger charge is -2.25. The minimum atomic E-state index is -0.182. The molecule has 0 spiro atoms. The summed E-state index contributed by atoms with van der Waals surface area (Å²) in [4.78, 5) is 6.78. The normalized spacial score (nSPS) is 22.9. The largest absolute Gasteiger partial charge is 0.393 e. The molecule has 2 aliphatic rings. The van der Waals surface area contributed by atoms with Crippen molar-refractivity contribution in [3.8, 4) is 11.1 Å². The van der Waals surface area contributed by atoms with E-state index in [0.29, 0.717) is 17.9 Å². The van der Waals surface area contributed by atoms with Gasteiger partial charge in [-0.15, -0.1) is 5.10 Å². The molecule has 3 aromatic heterocycles. The lowest BCUT2D eigenvalue weighted by molar-refractivity contribution is -0.0286. The first-order valence-electron chi connectivity index (χ1n) is 11.6. The number of anilines is 1. The first-order chi connectivity index (χ1) is 15.5. The van der Waals surface area contributed by atoms with Gasteiger partial charge in [0.05, 0.1) is 43.3 Å². The van der Waals surface area contributed by atoms with E-state index in [4.69, 9.17) is 9.84 Å². The number of likely N-dealkylation sites (N-methyl/N-ethyl adjacent to an activating group) is 1. The van der Waals surface area contributed by atoms with Crippen LogP contribution in [0.1, 0.15) is 50.3 Å². The van der Waals surface area contributed by atoms with Crippen molar-refractivity contribution < 1.29 is 9.84 Å². The summed E-state index contributed by atoms with van der Waals surface area (Å²) in [6, 6.07) is 2.80. The van der Waals surface area contributed by atoms with Gasteiger partial charge in [0.1, 0.15) is 0 Å². The average molecular weight is 440 g/mol. The Morgan fingerprint density at radius 1 is 1.22 bits per heavy atom. The maximum Gasteiger partial charge on any atom is 0.241 e. The van der Waals surface area contributed by atoms with Crippen LogP contribution < -0.4 is 5.32 Å². The molecule has 5 rings (SSSR count). The van der Waals surface area contributed by atoms with Gasteiger partial charge in [0, 0.05) is 41.5 Å². The monoisotopic (exact) mass is 439 g/mol. The summed E-state index contributed by atoms with van der Waals surface area (Å²) in [7, 11) is 4.12. The van der Waals surface area contributed by atoms with Crippen molar-refractivity contribution in [1.29, 1.82) is 0 Å². The first-order valence-corrected chi connectivity index (χ1v) is 11.6. The van der Waals surface area contributed by atoms with Gasteiger partial charge in [0.25, 0.3) is 0 Å². The Morgan fingerprint density at radius 3 is 2.69 bits per heavy atom. The van der Waals surface area contributed by atoms with Gasteiger partial charge in [-0.05, 0) is 52.8 Å². The molecule has 172 valence electrons. The highest BCUT2D eigenvalue weighted by Crippen LogP contribution is 2.37. The zero-order valence-electron chi connectivity index (χ0n) is 19.1. The van der Waals surface area contributed by atoms with E-state index < -0.39 is 0 Å². The van der Waals surface area contributed by atoms with Crippen LogP contribution in [-0.2, 0) is 4.74 Å². The van der Waals surface area contributed by atoms with Gasteiger partial charge in [-0.25, -0.2) is 9.50 Å². The molecular weight excluding hydrogens is 406 g/mol. The van der Waals surface area contributed by atoms with E-state index in [1.54, 1.807) is 0 Å². The number of nitrogens with zero attached hydrogens (tertiary/aromatic N) is 6. The summed E-state index contributed by atoms with van der Waals surface area (Å²) in [5.74, 6) is 1.00. The summed E-state index contributed by atoms with van der Waals surface area (Å²) < 4.78 is 9.37. The summed E-state index contributed by atoms with van der Waals surface area (Å²) in [5, 5.41) is 22.9. The number of hydrogen-bond acceptors (Lipinski definition) is 7. The van der Waals surface area contributed by atoms with Crippen LogP contribution in [0.2, 0.25) is 0 Å². The van der Waals surface area contributed by atoms with Crippen molar-refractivity contribution in [3.05, 3.63) is 30.4 Å². The molecule has 1 saturated heterocycles. The van der Waals surface area contributed by atoms with Crippen LogP contribution in [-0.4, -0.2) is 80.4 Å². The molecule has 32 heavy (non-hydrogen) atoms. The maximum absolute atomic E-state index is 10.0. The van der Waals surface area contributed by atoms with Crippen LogP contribution in [0.3, 0.4) is 0 Å². The summed E-state index contributed by atoms with van der Waals surface area (Å²) in [6.45, 7) is 4.47. The zero-order valence-corrected chi connectivity index (χ0v) is 19.1. The van der Waals surface area contributed by atoms with Gasteiger partial charge in [-0.2, -0.15) is 5.10 Å². The summed E-state index contributed by atoms with van der Waals surface area (Å²) >= 11 is 0. The number of aromatic nitrogens is 5. The molecule has 1 saturated carbocycles. The van der Waals surface area contributed by atoms with E-state index >= 15 is 0 Å². The van der Waals surface area contributed by atoms with Crippen molar-refractivity contribution in [2.45, 2.75) is 56.7 Å². The molecule has 0 amide bonds. The number of fused-ring (bicyclic) bond motifs is 1. The van der Waals surface area contributed by atoms with E-state index in [-0.39, 0.29) is 12.1 Å². The molecule has 0 unspecified atom stereocenters. The van der Waals surface area contributed by atoms with Crippen molar-refractivity contribution in [3.63, 3.8) is 0 Å². The lowest BCUT2D eigenvalue weighted by Crippen LogP contribution is -2.30. The molecule has 1 atom stereocenters. The van der Waals surface area contributed by atoms with Crippen LogP contribution in [0, 0.1) is 0 Å². The number of aliphatic hydroxyl groups excluding tert-OH is 1. The Kier molecular flexibility index (Phi) is 5.88. The first kappa shape index (κ1) is 21.4. The summed E-state index contributed by atoms with van der Waals surface area (Å²) in [6.07, 6.45) is 9.36. The Balaban J connectivity index is 1.51. The zero-order chi connectivity index (χ0) is 22.2. The minimum absolute atomic E-state index is 0.182. The van der Waals surface area contributed by atoms with Crippen LogP contribution >= 0.6 is 0 Å². The van der Waals surface area contributed by atoms with Gasteiger partial charge in [-0.1, -0.05) is 0 Å². The average Bonchev–Trinajstić information content (AvgIpc) is 3.31. The Hall–Kier alpha value is -2.49. The van der Waals surface area contributed by atoms with Crippen molar-refractivity contribution in [2.75, 3.05) is 39.2 Å². The molecule has 1 aliphatic carbocycles. The van der Waals surface area contributed by atoms with Crippen LogP contribution in [0.5, 0.6) is 0 Å². The van der Waals surface area contributed by atoms with Crippen molar-refractivity contribution >= 4 is 11.5 Å². The molecule has 9 nitrogen and oxygen atoms in total. The predicted octanol–water partition coefficient (Wildman–Crippen LogP) is 2.54. The molecule has 4 heterocycles. The number of nitrogens with one attached hydrogen (secondary N) is 1.